The topological polar surface area (TPSA) is 33.1 Å². The third-order valence-corrected chi connectivity index (χ3v) is 2.04. The Bertz CT molecular complexity index is 162. The first-order chi connectivity index (χ1) is 4.34. The lowest BCUT2D eigenvalue weighted by molar-refractivity contribution is 0.177. The molecule has 1 aromatic heterocycles. The van der Waals surface area contributed by atoms with Crippen LogP contribution < -0.4 is 0 Å². The highest BCUT2D eigenvalue weighted by atomic mass is 32.1. The van der Waals surface area contributed by atoms with E-state index < -0.39 is 0 Å². The number of aromatic nitrogens is 1. The number of hydrogen-bond acceptors (Lipinski definition) is 3. The van der Waals surface area contributed by atoms with Crippen LogP contribution in [0.3, 0.4) is 0 Å². The van der Waals surface area contributed by atoms with Crippen molar-refractivity contribution in [3.8, 4) is 0 Å². The minimum absolute atomic E-state index is 0.308. The van der Waals surface area contributed by atoms with Crippen molar-refractivity contribution in [2.75, 3.05) is 0 Å². The Morgan fingerprint density at radius 2 is 2.67 bits per heavy atom. The molecular formula is C6H9NOS. The van der Waals surface area contributed by atoms with E-state index in [1.165, 1.54) is 11.3 Å². The van der Waals surface area contributed by atoms with E-state index in [1.54, 1.807) is 11.7 Å². The summed E-state index contributed by atoms with van der Waals surface area (Å²) in [7, 11) is 0. The zero-order valence-corrected chi connectivity index (χ0v) is 6.06. The van der Waals surface area contributed by atoms with Crippen molar-refractivity contribution in [3.63, 3.8) is 0 Å². The van der Waals surface area contributed by atoms with Crippen molar-refractivity contribution in [3.05, 3.63) is 16.6 Å². The molecule has 1 heterocycles. The zero-order valence-electron chi connectivity index (χ0n) is 5.24. The first-order valence-corrected chi connectivity index (χ1v) is 3.79. The Morgan fingerprint density at radius 3 is 3.11 bits per heavy atom. The number of aliphatic hydroxyl groups is 1. The molecule has 1 N–H and O–H groups in total. The van der Waals surface area contributed by atoms with Gasteiger partial charge in [0.1, 0.15) is 0 Å². The third-order valence-electron chi connectivity index (χ3n) is 1.17. The van der Waals surface area contributed by atoms with Gasteiger partial charge >= 0.3 is 0 Å². The fraction of sp³-hybridized carbons (Fsp3) is 0.500. The average molecular weight is 143 g/mol. The van der Waals surface area contributed by atoms with Crippen molar-refractivity contribution in [2.45, 2.75) is 19.4 Å². The van der Waals surface area contributed by atoms with Crippen LogP contribution in [-0.4, -0.2) is 10.1 Å². The molecule has 2 nitrogen and oxygen atoms in total. The second-order valence-corrected chi connectivity index (χ2v) is 2.75. The highest BCUT2D eigenvalue weighted by molar-refractivity contribution is 7.09. The van der Waals surface area contributed by atoms with Crippen molar-refractivity contribution < 1.29 is 5.11 Å². The summed E-state index contributed by atoms with van der Waals surface area (Å²) >= 11 is 1.49. The second-order valence-electron chi connectivity index (χ2n) is 1.83. The van der Waals surface area contributed by atoms with Crippen LogP contribution in [0.1, 0.15) is 24.3 Å². The van der Waals surface area contributed by atoms with E-state index in [1.807, 2.05) is 6.92 Å². The molecule has 1 rings (SSSR count). The van der Waals surface area contributed by atoms with Crippen LogP contribution in [0, 0.1) is 0 Å². The first kappa shape index (κ1) is 6.71. The molecule has 3 heteroatoms. The molecule has 0 aromatic carbocycles. The summed E-state index contributed by atoms with van der Waals surface area (Å²) < 4.78 is 0. The number of aliphatic hydroxyl groups excluding tert-OH is 1. The van der Waals surface area contributed by atoms with E-state index in [0.29, 0.717) is 0 Å². The normalized spacial score (nSPS) is 13.6. The molecule has 0 saturated carbocycles. The van der Waals surface area contributed by atoms with E-state index in [9.17, 15) is 5.11 Å². The molecule has 50 valence electrons. The highest BCUT2D eigenvalue weighted by Crippen LogP contribution is 2.18. The van der Waals surface area contributed by atoms with Gasteiger partial charge in [-0.3, -0.25) is 4.98 Å². The summed E-state index contributed by atoms with van der Waals surface area (Å²) in [6.45, 7) is 1.95. The Balaban J connectivity index is 2.65. The van der Waals surface area contributed by atoms with Crippen molar-refractivity contribution in [1.82, 2.24) is 4.98 Å². The third kappa shape index (κ3) is 1.50. The van der Waals surface area contributed by atoms with Crippen LogP contribution in [0.5, 0.6) is 0 Å². The Morgan fingerprint density at radius 1 is 1.89 bits per heavy atom. The molecule has 0 spiro atoms. The van der Waals surface area contributed by atoms with Crippen LogP contribution in [-0.2, 0) is 0 Å². The minimum atomic E-state index is -0.308. The molecule has 0 aliphatic rings. The van der Waals surface area contributed by atoms with E-state index in [2.05, 4.69) is 4.98 Å². The number of rotatable bonds is 2. The second kappa shape index (κ2) is 2.94. The molecule has 9 heavy (non-hydrogen) atoms. The molecule has 0 fully saturated rings. The molecule has 0 bridgehead atoms. The summed E-state index contributed by atoms with van der Waals surface area (Å²) in [6, 6.07) is 0. The molecule has 1 atom stereocenters. The summed E-state index contributed by atoms with van der Waals surface area (Å²) in [5.41, 5.74) is 1.73. The summed E-state index contributed by atoms with van der Waals surface area (Å²) in [5, 5.41) is 9.19. The van der Waals surface area contributed by atoms with Crippen molar-refractivity contribution >= 4 is 11.3 Å². The number of thiazole rings is 1. The van der Waals surface area contributed by atoms with Crippen LogP contribution in [0.4, 0.5) is 0 Å². The van der Waals surface area contributed by atoms with Gasteiger partial charge in [-0.25, -0.2) is 0 Å². The van der Waals surface area contributed by atoms with Gasteiger partial charge in [0, 0.05) is 6.20 Å². The quantitative estimate of drug-likeness (QED) is 0.682. The number of hydrogen-bond donors (Lipinski definition) is 1. The van der Waals surface area contributed by atoms with Crippen LogP contribution in [0.2, 0.25) is 0 Å². The molecule has 0 radical (unpaired) electrons. The lowest BCUT2D eigenvalue weighted by atomic mass is 10.2. The fourth-order valence-electron chi connectivity index (χ4n) is 0.591. The predicted octanol–water partition coefficient (Wildman–Crippen LogP) is 1.59. The van der Waals surface area contributed by atoms with E-state index in [0.717, 1.165) is 11.3 Å². The summed E-state index contributed by atoms with van der Waals surface area (Å²) in [5.74, 6) is 0. The monoisotopic (exact) mass is 143 g/mol. The predicted molar refractivity (Wildman–Crippen MR) is 37.4 cm³/mol. The largest absolute Gasteiger partial charge is 0.388 e. The van der Waals surface area contributed by atoms with Gasteiger partial charge in [-0.15, -0.1) is 11.3 Å². The molecule has 0 amide bonds. The van der Waals surface area contributed by atoms with Crippen molar-refractivity contribution in [2.24, 2.45) is 0 Å². The molecule has 0 saturated heterocycles. The maximum Gasteiger partial charge on any atom is 0.0895 e. The van der Waals surface area contributed by atoms with E-state index in [4.69, 9.17) is 0 Å². The standard InChI is InChI=1S/C6H9NOS/c1-2-5(8)6-3-7-4-9-6/h3-5,8H,2H2,1H3. The highest BCUT2D eigenvalue weighted by Gasteiger charge is 2.03. The van der Waals surface area contributed by atoms with Crippen LogP contribution in [0.15, 0.2) is 11.7 Å². The minimum Gasteiger partial charge on any atom is -0.388 e. The van der Waals surface area contributed by atoms with Gasteiger partial charge in [-0.1, -0.05) is 6.92 Å². The molecule has 0 aliphatic carbocycles. The maximum atomic E-state index is 9.19. The van der Waals surface area contributed by atoms with E-state index >= 15 is 0 Å². The van der Waals surface area contributed by atoms with Gasteiger partial charge in [0.25, 0.3) is 0 Å². The Hall–Kier alpha value is -0.410. The van der Waals surface area contributed by atoms with Crippen LogP contribution >= 0.6 is 11.3 Å². The fourth-order valence-corrected chi connectivity index (χ4v) is 1.28. The van der Waals surface area contributed by atoms with Gasteiger partial charge < -0.3 is 5.11 Å². The number of nitrogens with zero attached hydrogens (tertiary/aromatic N) is 1. The Labute approximate surface area is 58.2 Å². The zero-order chi connectivity index (χ0) is 6.69. The van der Waals surface area contributed by atoms with E-state index in [-0.39, 0.29) is 6.10 Å². The SMILES string of the molecule is CCC(O)c1cncs1. The maximum absolute atomic E-state index is 9.19. The molecule has 1 unspecified atom stereocenters. The Kier molecular flexibility index (Phi) is 2.19. The summed E-state index contributed by atoms with van der Waals surface area (Å²) in [4.78, 5) is 4.81. The molecule has 1 aromatic rings. The van der Waals surface area contributed by atoms with Gasteiger partial charge in [-0.05, 0) is 6.42 Å². The molecular weight excluding hydrogens is 134 g/mol. The van der Waals surface area contributed by atoms with Gasteiger partial charge in [0.2, 0.25) is 0 Å². The van der Waals surface area contributed by atoms with Gasteiger partial charge in [0.15, 0.2) is 0 Å². The molecule has 0 aliphatic heterocycles. The summed E-state index contributed by atoms with van der Waals surface area (Å²) in [6.07, 6.45) is 2.17. The lowest BCUT2D eigenvalue weighted by Gasteiger charge is -2.00. The van der Waals surface area contributed by atoms with Crippen molar-refractivity contribution in [1.29, 1.82) is 0 Å². The average Bonchev–Trinajstić information content (AvgIpc) is 2.37. The smallest absolute Gasteiger partial charge is 0.0895 e. The first-order valence-electron chi connectivity index (χ1n) is 2.91. The van der Waals surface area contributed by atoms with Gasteiger partial charge in [0.05, 0.1) is 16.5 Å². The lowest BCUT2D eigenvalue weighted by Crippen LogP contribution is -1.89. The van der Waals surface area contributed by atoms with Crippen LogP contribution in [0.25, 0.3) is 0 Å². The van der Waals surface area contributed by atoms with Gasteiger partial charge in [-0.2, -0.15) is 0 Å².